The number of furan rings is 1. The summed E-state index contributed by atoms with van der Waals surface area (Å²) in [5.41, 5.74) is 7.70. The lowest BCUT2D eigenvalue weighted by Gasteiger charge is -2.11. The topological polar surface area (TPSA) is 91.8 Å². The second kappa shape index (κ2) is 7.84. The fourth-order valence-corrected chi connectivity index (χ4v) is 3.09. The SMILES string of the molecule is CCOC(=O)c1oc2ccc(Br)cc2c1COc1cc(C)ccc1C(N)=O. The number of halogens is 1. The van der Waals surface area contributed by atoms with Crippen molar-refractivity contribution >= 4 is 38.8 Å². The van der Waals surface area contributed by atoms with Crippen molar-refractivity contribution in [3.8, 4) is 5.75 Å². The first-order chi connectivity index (χ1) is 12.9. The third kappa shape index (κ3) is 3.98. The second-order valence-electron chi connectivity index (χ2n) is 5.92. The number of nitrogens with two attached hydrogens (primary N) is 1. The lowest BCUT2D eigenvalue weighted by atomic mass is 10.1. The number of benzene rings is 2. The second-order valence-corrected chi connectivity index (χ2v) is 6.84. The molecule has 1 amide bonds. The molecule has 3 rings (SSSR count). The molecule has 0 saturated heterocycles. The van der Waals surface area contributed by atoms with Crippen molar-refractivity contribution in [3.05, 3.63) is 63.3 Å². The van der Waals surface area contributed by atoms with Crippen molar-refractivity contribution < 1.29 is 23.5 Å². The summed E-state index contributed by atoms with van der Waals surface area (Å²) in [5.74, 6) is -0.724. The zero-order valence-corrected chi connectivity index (χ0v) is 16.5. The Bertz CT molecular complexity index is 1020. The van der Waals surface area contributed by atoms with Gasteiger partial charge in [0.1, 0.15) is 17.9 Å². The van der Waals surface area contributed by atoms with Gasteiger partial charge in [-0.3, -0.25) is 4.79 Å². The lowest BCUT2D eigenvalue weighted by molar-refractivity contribution is 0.0488. The van der Waals surface area contributed by atoms with Crippen LogP contribution in [0.1, 0.15) is 39.0 Å². The van der Waals surface area contributed by atoms with Gasteiger partial charge in [0.05, 0.1) is 17.7 Å². The molecule has 0 saturated carbocycles. The van der Waals surface area contributed by atoms with Crippen molar-refractivity contribution in [2.24, 2.45) is 5.73 Å². The number of hydrogen-bond acceptors (Lipinski definition) is 5. The van der Waals surface area contributed by atoms with Gasteiger partial charge in [0.25, 0.3) is 5.91 Å². The van der Waals surface area contributed by atoms with Crippen LogP contribution in [-0.2, 0) is 11.3 Å². The van der Waals surface area contributed by atoms with Crippen LogP contribution >= 0.6 is 15.9 Å². The molecule has 2 N–H and O–H groups in total. The van der Waals surface area contributed by atoms with Gasteiger partial charge in [0.2, 0.25) is 5.76 Å². The molecule has 0 aliphatic rings. The van der Waals surface area contributed by atoms with Crippen LogP contribution < -0.4 is 10.5 Å². The lowest BCUT2D eigenvalue weighted by Crippen LogP contribution is -2.14. The molecule has 0 atom stereocenters. The van der Waals surface area contributed by atoms with Gasteiger partial charge in [-0.25, -0.2) is 4.79 Å². The van der Waals surface area contributed by atoms with Crippen molar-refractivity contribution in [2.45, 2.75) is 20.5 Å². The summed E-state index contributed by atoms with van der Waals surface area (Å²) in [6.07, 6.45) is 0. The quantitative estimate of drug-likeness (QED) is 0.585. The maximum Gasteiger partial charge on any atom is 0.374 e. The number of carbonyl (C=O) groups is 2. The average molecular weight is 432 g/mol. The van der Waals surface area contributed by atoms with E-state index >= 15 is 0 Å². The van der Waals surface area contributed by atoms with E-state index in [0.29, 0.717) is 16.9 Å². The zero-order chi connectivity index (χ0) is 19.6. The van der Waals surface area contributed by atoms with Crippen molar-refractivity contribution in [1.29, 1.82) is 0 Å². The Morgan fingerprint density at radius 3 is 2.67 bits per heavy atom. The van der Waals surface area contributed by atoms with Gasteiger partial charge in [-0.05, 0) is 49.7 Å². The van der Waals surface area contributed by atoms with E-state index in [1.807, 2.05) is 19.1 Å². The number of hydrogen-bond donors (Lipinski definition) is 1. The summed E-state index contributed by atoms with van der Waals surface area (Å²) in [7, 11) is 0. The smallest absolute Gasteiger partial charge is 0.374 e. The number of fused-ring (bicyclic) bond motifs is 1. The molecule has 6 nitrogen and oxygen atoms in total. The van der Waals surface area contributed by atoms with Crippen molar-refractivity contribution in [1.82, 2.24) is 0 Å². The van der Waals surface area contributed by atoms with Gasteiger partial charge in [0, 0.05) is 9.86 Å². The molecular formula is C20H18BrNO5. The maximum absolute atomic E-state index is 12.3. The summed E-state index contributed by atoms with van der Waals surface area (Å²) in [6.45, 7) is 3.84. The van der Waals surface area contributed by atoms with E-state index in [-0.39, 0.29) is 24.5 Å². The van der Waals surface area contributed by atoms with Crippen LogP contribution in [-0.4, -0.2) is 18.5 Å². The van der Waals surface area contributed by atoms with Crippen LogP contribution in [0.2, 0.25) is 0 Å². The van der Waals surface area contributed by atoms with Crippen LogP contribution in [0.15, 0.2) is 45.3 Å². The van der Waals surface area contributed by atoms with E-state index in [1.165, 1.54) is 0 Å². The van der Waals surface area contributed by atoms with Gasteiger partial charge in [-0.15, -0.1) is 0 Å². The third-order valence-electron chi connectivity index (χ3n) is 3.99. The van der Waals surface area contributed by atoms with Crippen LogP contribution in [0.5, 0.6) is 5.75 Å². The van der Waals surface area contributed by atoms with Crippen LogP contribution in [0.25, 0.3) is 11.0 Å². The Balaban J connectivity index is 2.02. The van der Waals surface area contributed by atoms with Gasteiger partial charge in [0.15, 0.2) is 0 Å². The Hall–Kier alpha value is -2.80. The summed E-state index contributed by atoms with van der Waals surface area (Å²) >= 11 is 3.42. The highest BCUT2D eigenvalue weighted by Crippen LogP contribution is 2.31. The Kier molecular flexibility index (Phi) is 5.51. The minimum atomic E-state index is -0.588. The molecule has 0 fully saturated rings. The molecule has 0 bridgehead atoms. The van der Waals surface area contributed by atoms with Gasteiger partial charge in [-0.1, -0.05) is 22.0 Å². The van der Waals surface area contributed by atoms with Crippen molar-refractivity contribution in [3.63, 3.8) is 0 Å². The van der Waals surface area contributed by atoms with E-state index in [0.717, 1.165) is 15.4 Å². The molecule has 140 valence electrons. The van der Waals surface area contributed by atoms with Gasteiger partial charge < -0.3 is 19.6 Å². The molecule has 1 heterocycles. The van der Waals surface area contributed by atoms with Crippen LogP contribution in [0.4, 0.5) is 0 Å². The first-order valence-corrected chi connectivity index (χ1v) is 9.11. The van der Waals surface area contributed by atoms with Crippen LogP contribution in [0.3, 0.4) is 0 Å². The zero-order valence-electron chi connectivity index (χ0n) is 14.9. The first-order valence-electron chi connectivity index (χ1n) is 8.32. The van der Waals surface area contributed by atoms with E-state index < -0.39 is 11.9 Å². The molecule has 0 unspecified atom stereocenters. The molecule has 7 heteroatoms. The molecule has 0 radical (unpaired) electrons. The number of esters is 1. The normalized spacial score (nSPS) is 10.8. The highest BCUT2D eigenvalue weighted by molar-refractivity contribution is 9.10. The Labute approximate surface area is 164 Å². The third-order valence-corrected chi connectivity index (χ3v) is 4.48. The van der Waals surface area contributed by atoms with E-state index in [1.54, 1.807) is 31.2 Å². The molecule has 1 aromatic heterocycles. The molecular weight excluding hydrogens is 414 g/mol. The fourth-order valence-electron chi connectivity index (χ4n) is 2.73. The predicted molar refractivity (Wildman–Crippen MR) is 104 cm³/mol. The standard InChI is InChI=1S/C20H18BrNO5/c1-3-25-20(24)18-15(14-9-12(21)5-7-16(14)27-18)10-26-17-8-11(2)4-6-13(17)19(22)23/h4-9H,3,10H2,1-2H3,(H2,22,23). The number of ether oxygens (including phenoxy) is 2. The number of amides is 1. The van der Waals surface area contributed by atoms with E-state index in [2.05, 4.69) is 15.9 Å². The minimum absolute atomic E-state index is 0.0152. The molecule has 27 heavy (non-hydrogen) atoms. The maximum atomic E-state index is 12.3. The number of aryl methyl sites for hydroxylation is 1. The highest BCUT2D eigenvalue weighted by atomic mass is 79.9. The summed E-state index contributed by atoms with van der Waals surface area (Å²) < 4.78 is 17.5. The predicted octanol–water partition coefficient (Wildman–Crippen LogP) is 4.36. The monoisotopic (exact) mass is 431 g/mol. The Morgan fingerprint density at radius 1 is 1.19 bits per heavy atom. The molecule has 0 aliphatic heterocycles. The largest absolute Gasteiger partial charge is 0.488 e. The first kappa shape index (κ1) is 19.0. The van der Waals surface area contributed by atoms with Crippen LogP contribution in [0, 0.1) is 6.92 Å². The number of carbonyl (C=O) groups excluding carboxylic acids is 2. The number of primary amides is 1. The van der Waals surface area contributed by atoms with Gasteiger partial charge in [-0.2, -0.15) is 0 Å². The minimum Gasteiger partial charge on any atom is -0.488 e. The van der Waals surface area contributed by atoms with E-state index in [9.17, 15) is 9.59 Å². The molecule has 3 aromatic rings. The molecule has 0 aliphatic carbocycles. The fraction of sp³-hybridized carbons (Fsp3) is 0.200. The highest BCUT2D eigenvalue weighted by Gasteiger charge is 2.23. The summed E-state index contributed by atoms with van der Waals surface area (Å²) in [4.78, 5) is 24.0. The van der Waals surface area contributed by atoms with Crippen molar-refractivity contribution in [2.75, 3.05) is 6.61 Å². The summed E-state index contributed by atoms with van der Waals surface area (Å²) in [5, 5.41) is 0.723. The summed E-state index contributed by atoms with van der Waals surface area (Å²) in [6, 6.07) is 10.5. The number of rotatable bonds is 6. The average Bonchev–Trinajstić information content (AvgIpc) is 2.97. The molecule has 2 aromatic carbocycles. The van der Waals surface area contributed by atoms with Gasteiger partial charge >= 0.3 is 5.97 Å². The Morgan fingerprint density at radius 2 is 1.96 bits per heavy atom. The van der Waals surface area contributed by atoms with E-state index in [4.69, 9.17) is 19.6 Å². The molecule has 0 spiro atoms.